The molecule has 0 radical (unpaired) electrons. The van der Waals surface area contributed by atoms with E-state index in [-0.39, 0.29) is 30.1 Å². The summed E-state index contributed by atoms with van der Waals surface area (Å²) >= 11 is 0. The van der Waals surface area contributed by atoms with Gasteiger partial charge in [0.1, 0.15) is 0 Å². The fraction of sp³-hybridized carbons (Fsp3) is 0.611. The van der Waals surface area contributed by atoms with Crippen molar-refractivity contribution in [3.05, 3.63) is 23.8 Å². The van der Waals surface area contributed by atoms with Gasteiger partial charge < -0.3 is 20.1 Å². The zero-order valence-electron chi connectivity index (χ0n) is 15.3. The lowest BCUT2D eigenvalue weighted by atomic mass is 10.1. The van der Waals surface area contributed by atoms with Gasteiger partial charge in [0.2, 0.25) is 0 Å². The number of hydrogen-bond acceptors (Lipinski definition) is 3. The molecule has 0 bridgehead atoms. The second-order valence-electron chi connectivity index (χ2n) is 5.94. The lowest BCUT2D eigenvalue weighted by Crippen LogP contribution is -2.39. The molecule has 0 amide bonds. The number of alkyl halides is 2. The van der Waals surface area contributed by atoms with E-state index < -0.39 is 13.0 Å². The Morgan fingerprint density at radius 2 is 2.00 bits per heavy atom. The van der Waals surface area contributed by atoms with Gasteiger partial charge in [0.25, 0.3) is 6.43 Å². The van der Waals surface area contributed by atoms with E-state index in [9.17, 15) is 8.78 Å². The van der Waals surface area contributed by atoms with Crippen molar-refractivity contribution in [2.75, 3.05) is 20.2 Å². The highest BCUT2D eigenvalue weighted by Crippen LogP contribution is 2.35. The van der Waals surface area contributed by atoms with Gasteiger partial charge in [-0.2, -0.15) is 0 Å². The summed E-state index contributed by atoms with van der Waals surface area (Å²) in [5.41, 5.74) is 0.875. The summed E-state index contributed by atoms with van der Waals surface area (Å²) < 4.78 is 36.4. The number of nitrogens with zero attached hydrogens (tertiary/aromatic N) is 1. The number of ether oxygens (including phenoxy) is 2. The first kappa shape index (κ1) is 22.7. The quantitative estimate of drug-likeness (QED) is 0.334. The Labute approximate surface area is 171 Å². The van der Waals surface area contributed by atoms with Crippen molar-refractivity contribution in [2.45, 2.75) is 51.7 Å². The van der Waals surface area contributed by atoms with Crippen LogP contribution in [0.1, 0.15) is 38.2 Å². The summed E-state index contributed by atoms with van der Waals surface area (Å²) in [6, 6.07) is 5.66. The molecule has 1 aliphatic rings. The summed E-state index contributed by atoms with van der Waals surface area (Å²) in [6.07, 6.45) is 2.20. The van der Waals surface area contributed by atoms with Crippen LogP contribution in [0.3, 0.4) is 0 Å². The molecule has 0 spiro atoms. The fourth-order valence-electron chi connectivity index (χ4n) is 2.83. The maximum Gasteiger partial charge on any atom is 0.255 e. The van der Waals surface area contributed by atoms with E-state index in [2.05, 4.69) is 15.6 Å². The maximum atomic E-state index is 12.4. The maximum absolute atomic E-state index is 12.4. The Kier molecular flexibility index (Phi) is 10.6. The molecule has 0 aromatic heterocycles. The van der Waals surface area contributed by atoms with Crippen LogP contribution in [-0.2, 0) is 6.54 Å². The average molecular weight is 483 g/mol. The van der Waals surface area contributed by atoms with Gasteiger partial charge in [-0.25, -0.2) is 13.8 Å². The fourth-order valence-corrected chi connectivity index (χ4v) is 2.83. The Balaban J connectivity index is 0.00000338. The highest BCUT2D eigenvalue weighted by atomic mass is 127. The molecule has 0 saturated heterocycles. The lowest BCUT2D eigenvalue weighted by Gasteiger charge is -2.19. The smallest absolute Gasteiger partial charge is 0.255 e. The topological polar surface area (TPSA) is 54.9 Å². The molecule has 5 nitrogen and oxygen atoms in total. The number of guanidine groups is 1. The van der Waals surface area contributed by atoms with E-state index in [1.54, 1.807) is 7.11 Å². The van der Waals surface area contributed by atoms with E-state index in [1.165, 1.54) is 12.8 Å². The molecule has 0 aliphatic heterocycles. The van der Waals surface area contributed by atoms with Crippen LogP contribution in [0.2, 0.25) is 0 Å². The monoisotopic (exact) mass is 483 g/mol. The Bertz CT molecular complexity index is 567. The van der Waals surface area contributed by atoms with E-state index in [0.717, 1.165) is 18.4 Å². The second-order valence-corrected chi connectivity index (χ2v) is 5.94. The highest BCUT2D eigenvalue weighted by molar-refractivity contribution is 14.0. The van der Waals surface area contributed by atoms with Crippen LogP contribution in [0.15, 0.2) is 23.2 Å². The Hall–Kier alpha value is -1.32. The predicted octanol–water partition coefficient (Wildman–Crippen LogP) is 3.95. The third-order valence-electron chi connectivity index (χ3n) is 4.04. The third-order valence-corrected chi connectivity index (χ3v) is 4.04. The number of nitrogens with one attached hydrogen (secondary N) is 2. The summed E-state index contributed by atoms with van der Waals surface area (Å²) in [5.74, 6) is 1.73. The number of rotatable bonds is 8. The molecule has 0 heterocycles. The van der Waals surface area contributed by atoms with Crippen LogP contribution in [0.4, 0.5) is 8.78 Å². The number of aliphatic imine (C=N–C) groups is 1. The molecule has 1 aromatic carbocycles. The van der Waals surface area contributed by atoms with Crippen molar-refractivity contribution >= 4 is 29.9 Å². The molecule has 1 aliphatic carbocycles. The minimum absolute atomic E-state index is 0. The highest BCUT2D eigenvalue weighted by Gasteiger charge is 2.20. The van der Waals surface area contributed by atoms with Crippen LogP contribution >= 0.6 is 24.0 Å². The summed E-state index contributed by atoms with van der Waals surface area (Å²) in [6.45, 7) is 2.37. The number of benzene rings is 1. The summed E-state index contributed by atoms with van der Waals surface area (Å²) in [7, 11) is 1.61. The van der Waals surface area contributed by atoms with E-state index in [1.807, 2.05) is 25.1 Å². The molecule has 1 saturated carbocycles. The lowest BCUT2D eigenvalue weighted by molar-refractivity contribution is 0.152. The third kappa shape index (κ3) is 7.13. The van der Waals surface area contributed by atoms with Crippen molar-refractivity contribution in [3.63, 3.8) is 0 Å². The standard InChI is InChI=1S/C18H27F2N3O2.HI/c1-3-21-18(23-12-16(19)20)22-11-13-7-6-10-15(24-2)17(13)25-14-8-4-5-9-14;/h6-7,10,14,16H,3-5,8-9,11-12H2,1-2H3,(H2,21,22,23);1H. The van der Waals surface area contributed by atoms with Crippen LogP contribution in [-0.4, -0.2) is 38.7 Å². The number of halogens is 3. The molecule has 2 N–H and O–H groups in total. The molecular formula is C18H28F2IN3O2. The average Bonchev–Trinajstić information content (AvgIpc) is 3.11. The minimum Gasteiger partial charge on any atom is -0.493 e. The molecule has 26 heavy (non-hydrogen) atoms. The summed E-state index contributed by atoms with van der Waals surface area (Å²) in [5, 5.41) is 5.59. The number of hydrogen-bond donors (Lipinski definition) is 2. The molecule has 2 rings (SSSR count). The first-order chi connectivity index (χ1) is 12.1. The van der Waals surface area contributed by atoms with Crippen molar-refractivity contribution in [1.82, 2.24) is 10.6 Å². The SMILES string of the molecule is CCNC(=NCc1cccc(OC)c1OC1CCCC1)NCC(F)F.I. The van der Waals surface area contributed by atoms with Crippen LogP contribution in [0.25, 0.3) is 0 Å². The first-order valence-corrected chi connectivity index (χ1v) is 8.76. The number of methoxy groups -OCH3 is 1. The Morgan fingerprint density at radius 3 is 2.62 bits per heavy atom. The van der Waals surface area contributed by atoms with Crippen molar-refractivity contribution in [2.24, 2.45) is 4.99 Å². The van der Waals surface area contributed by atoms with Gasteiger partial charge in [-0.15, -0.1) is 24.0 Å². The van der Waals surface area contributed by atoms with Crippen molar-refractivity contribution < 1.29 is 18.3 Å². The van der Waals surface area contributed by atoms with E-state index in [4.69, 9.17) is 9.47 Å². The zero-order chi connectivity index (χ0) is 18.1. The van der Waals surface area contributed by atoms with Gasteiger partial charge >= 0.3 is 0 Å². The van der Waals surface area contributed by atoms with Gasteiger partial charge in [-0.3, -0.25) is 0 Å². The van der Waals surface area contributed by atoms with Crippen molar-refractivity contribution in [3.8, 4) is 11.5 Å². The number of para-hydroxylation sites is 1. The molecular weight excluding hydrogens is 455 g/mol. The minimum atomic E-state index is -2.43. The largest absolute Gasteiger partial charge is 0.493 e. The molecule has 148 valence electrons. The second kappa shape index (κ2) is 12.1. The molecule has 1 fully saturated rings. The van der Waals surface area contributed by atoms with Gasteiger partial charge in [0.15, 0.2) is 17.5 Å². The molecule has 1 aromatic rings. The molecule has 0 unspecified atom stereocenters. The summed E-state index contributed by atoms with van der Waals surface area (Å²) in [4.78, 5) is 4.39. The van der Waals surface area contributed by atoms with E-state index >= 15 is 0 Å². The Morgan fingerprint density at radius 1 is 1.27 bits per heavy atom. The normalized spacial score (nSPS) is 14.9. The van der Waals surface area contributed by atoms with E-state index in [0.29, 0.717) is 30.5 Å². The van der Waals surface area contributed by atoms with Crippen LogP contribution in [0, 0.1) is 0 Å². The van der Waals surface area contributed by atoms with Gasteiger partial charge in [0.05, 0.1) is 26.3 Å². The van der Waals surface area contributed by atoms with Crippen LogP contribution in [0.5, 0.6) is 11.5 Å². The van der Waals surface area contributed by atoms with Gasteiger partial charge in [-0.1, -0.05) is 12.1 Å². The molecule has 0 atom stereocenters. The first-order valence-electron chi connectivity index (χ1n) is 8.76. The van der Waals surface area contributed by atoms with Crippen molar-refractivity contribution in [1.29, 1.82) is 0 Å². The van der Waals surface area contributed by atoms with Gasteiger partial charge in [0, 0.05) is 12.1 Å². The molecule has 8 heteroatoms. The zero-order valence-corrected chi connectivity index (χ0v) is 17.6. The predicted molar refractivity (Wildman–Crippen MR) is 110 cm³/mol. The van der Waals surface area contributed by atoms with Gasteiger partial charge in [-0.05, 0) is 38.7 Å². The van der Waals surface area contributed by atoms with Crippen LogP contribution < -0.4 is 20.1 Å².